The second-order valence-corrected chi connectivity index (χ2v) is 7.74. The highest BCUT2D eigenvalue weighted by Gasteiger charge is 2.26. The molecule has 26 heavy (non-hydrogen) atoms. The Morgan fingerprint density at radius 1 is 1.12 bits per heavy atom. The van der Waals surface area contributed by atoms with E-state index in [1.54, 1.807) is 4.90 Å². The van der Waals surface area contributed by atoms with Gasteiger partial charge < -0.3 is 19.0 Å². The van der Waals surface area contributed by atoms with Crippen LogP contribution in [0.2, 0.25) is 0 Å². The highest BCUT2D eigenvalue weighted by Crippen LogP contribution is 2.31. The third kappa shape index (κ3) is 3.69. The van der Waals surface area contributed by atoms with E-state index in [2.05, 4.69) is 4.90 Å². The first-order chi connectivity index (χ1) is 12.2. The van der Waals surface area contributed by atoms with E-state index in [9.17, 15) is 9.59 Å². The molecule has 6 heteroatoms. The average Bonchev–Trinajstić information content (AvgIpc) is 2.99. The van der Waals surface area contributed by atoms with Crippen LogP contribution in [0, 0.1) is 6.92 Å². The molecule has 2 aromatic rings. The third-order valence-corrected chi connectivity index (χ3v) is 4.56. The number of Topliss-reactive ketones (excluding diaryl/α,β-unsaturated/α-hetero) is 1. The maximum atomic E-state index is 12.2. The van der Waals surface area contributed by atoms with Crippen LogP contribution in [0.25, 0.3) is 11.0 Å². The van der Waals surface area contributed by atoms with E-state index in [1.807, 2.05) is 45.9 Å². The minimum Gasteiger partial charge on any atom is -0.453 e. The van der Waals surface area contributed by atoms with Gasteiger partial charge in [-0.3, -0.25) is 4.79 Å². The molecule has 1 aromatic heterocycles. The van der Waals surface area contributed by atoms with Crippen molar-refractivity contribution in [3.8, 4) is 0 Å². The van der Waals surface area contributed by atoms with Crippen molar-refractivity contribution in [2.75, 3.05) is 31.1 Å². The van der Waals surface area contributed by atoms with Gasteiger partial charge in [0.2, 0.25) is 0 Å². The van der Waals surface area contributed by atoms with E-state index in [-0.39, 0.29) is 11.9 Å². The van der Waals surface area contributed by atoms with Crippen LogP contribution in [0.3, 0.4) is 0 Å². The fraction of sp³-hybridized carbons (Fsp3) is 0.500. The number of ketones is 1. The van der Waals surface area contributed by atoms with Crippen molar-refractivity contribution in [2.24, 2.45) is 0 Å². The van der Waals surface area contributed by atoms with Gasteiger partial charge >= 0.3 is 6.09 Å². The first-order valence-corrected chi connectivity index (χ1v) is 8.92. The number of ether oxygens (including phenoxy) is 1. The van der Waals surface area contributed by atoms with Crippen LogP contribution in [0.15, 0.2) is 22.6 Å². The summed E-state index contributed by atoms with van der Waals surface area (Å²) < 4.78 is 11.1. The Kier molecular flexibility index (Phi) is 4.69. The average molecular weight is 358 g/mol. The van der Waals surface area contributed by atoms with Gasteiger partial charge in [-0.2, -0.15) is 0 Å². The fourth-order valence-corrected chi connectivity index (χ4v) is 3.21. The Morgan fingerprint density at radius 2 is 1.77 bits per heavy atom. The third-order valence-electron chi connectivity index (χ3n) is 4.56. The molecule has 0 atom stereocenters. The largest absolute Gasteiger partial charge is 0.453 e. The maximum Gasteiger partial charge on any atom is 0.410 e. The number of hydrogen-bond acceptors (Lipinski definition) is 5. The molecule has 3 rings (SSSR count). The van der Waals surface area contributed by atoms with Gasteiger partial charge in [0.15, 0.2) is 11.5 Å². The standard InChI is InChI=1S/C20H26N2O4/c1-13-15-12-18(14(2)23)25-17(15)7-6-16(13)21-8-10-22(11-9-21)19(24)26-20(3,4)5/h6-7,12H,8-11H2,1-5H3. The molecule has 1 saturated heterocycles. The molecule has 0 spiro atoms. The van der Waals surface area contributed by atoms with Gasteiger partial charge in [-0.05, 0) is 51.5 Å². The molecule has 140 valence electrons. The van der Waals surface area contributed by atoms with Crippen molar-refractivity contribution < 1.29 is 18.7 Å². The van der Waals surface area contributed by atoms with E-state index < -0.39 is 5.60 Å². The number of fused-ring (bicyclic) bond motifs is 1. The predicted octanol–water partition coefficient (Wildman–Crippen LogP) is 4.00. The lowest BCUT2D eigenvalue weighted by Crippen LogP contribution is -2.50. The van der Waals surface area contributed by atoms with E-state index in [0.717, 1.165) is 35.3 Å². The Hall–Kier alpha value is -2.50. The molecule has 0 aliphatic carbocycles. The number of nitrogens with zero attached hydrogens (tertiary/aromatic N) is 2. The zero-order valence-electron chi connectivity index (χ0n) is 16.1. The zero-order valence-corrected chi connectivity index (χ0v) is 16.1. The summed E-state index contributed by atoms with van der Waals surface area (Å²) in [5.74, 6) is 0.308. The number of amides is 1. The predicted molar refractivity (Wildman–Crippen MR) is 101 cm³/mol. The van der Waals surface area contributed by atoms with Crippen LogP contribution in [0.4, 0.5) is 10.5 Å². The number of aryl methyl sites for hydroxylation is 1. The first kappa shape index (κ1) is 18.3. The van der Waals surface area contributed by atoms with Gasteiger partial charge in [0.05, 0.1) is 0 Å². The molecular formula is C20H26N2O4. The van der Waals surface area contributed by atoms with E-state index in [4.69, 9.17) is 9.15 Å². The molecular weight excluding hydrogens is 332 g/mol. The highest BCUT2D eigenvalue weighted by atomic mass is 16.6. The molecule has 1 fully saturated rings. The first-order valence-electron chi connectivity index (χ1n) is 8.92. The summed E-state index contributed by atoms with van der Waals surface area (Å²) in [5, 5.41) is 0.960. The number of anilines is 1. The number of rotatable bonds is 2. The lowest BCUT2D eigenvalue weighted by atomic mass is 10.1. The highest BCUT2D eigenvalue weighted by molar-refractivity contribution is 5.98. The van der Waals surface area contributed by atoms with E-state index in [0.29, 0.717) is 18.8 Å². The molecule has 1 aliphatic rings. The maximum absolute atomic E-state index is 12.2. The van der Waals surface area contributed by atoms with Gasteiger partial charge in [-0.25, -0.2) is 4.79 Å². The lowest BCUT2D eigenvalue weighted by Gasteiger charge is -2.37. The second kappa shape index (κ2) is 6.67. The van der Waals surface area contributed by atoms with E-state index in [1.165, 1.54) is 6.92 Å². The topological polar surface area (TPSA) is 63.0 Å². The number of furan rings is 1. The second-order valence-electron chi connectivity index (χ2n) is 7.74. The molecule has 0 unspecified atom stereocenters. The Balaban J connectivity index is 1.74. The smallest absolute Gasteiger partial charge is 0.410 e. The Bertz CT molecular complexity index is 839. The van der Waals surface area contributed by atoms with Gasteiger partial charge in [0, 0.05) is 44.2 Å². The number of benzene rings is 1. The van der Waals surface area contributed by atoms with Crippen LogP contribution in [-0.2, 0) is 4.74 Å². The number of piperazine rings is 1. The number of carbonyl (C=O) groups excluding carboxylic acids is 2. The van der Waals surface area contributed by atoms with Crippen LogP contribution in [0.5, 0.6) is 0 Å². The van der Waals surface area contributed by atoms with Crippen molar-refractivity contribution in [3.63, 3.8) is 0 Å². The molecule has 0 radical (unpaired) electrons. The summed E-state index contributed by atoms with van der Waals surface area (Å²) in [6.45, 7) is 11.9. The quantitative estimate of drug-likeness (QED) is 0.759. The monoisotopic (exact) mass is 358 g/mol. The van der Waals surface area contributed by atoms with Crippen molar-refractivity contribution >= 4 is 28.5 Å². The lowest BCUT2D eigenvalue weighted by molar-refractivity contribution is 0.0240. The molecule has 1 amide bonds. The minimum absolute atomic E-state index is 0.0758. The summed E-state index contributed by atoms with van der Waals surface area (Å²) in [6, 6.07) is 5.74. The van der Waals surface area contributed by atoms with Crippen molar-refractivity contribution in [2.45, 2.75) is 40.2 Å². The summed E-state index contributed by atoms with van der Waals surface area (Å²) in [5.41, 5.74) is 2.44. The van der Waals surface area contributed by atoms with Crippen molar-refractivity contribution in [1.29, 1.82) is 0 Å². The van der Waals surface area contributed by atoms with Crippen LogP contribution >= 0.6 is 0 Å². The summed E-state index contributed by atoms with van der Waals surface area (Å²) in [4.78, 5) is 27.8. The number of carbonyl (C=O) groups is 2. The molecule has 0 N–H and O–H groups in total. The van der Waals surface area contributed by atoms with E-state index >= 15 is 0 Å². The van der Waals surface area contributed by atoms with Gasteiger partial charge in [-0.1, -0.05) is 0 Å². The SMILES string of the molecule is CC(=O)c1cc2c(C)c(N3CCN(C(=O)OC(C)(C)C)CC3)ccc2o1. The summed E-state index contributed by atoms with van der Waals surface area (Å²) >= 11 is 0. The molecule has 0 saturated carbocycles. The van der Waals surface area contributed by atoms with Crippen molar-refractivity contribution in [3.05, 3.63) is 29.5 Å². The molecule has 1 aliphatic heterocycles. The Morgan fingerprint density at radius 3 is 2.35 bits per heavy atom. The van der Waals surface area contributed by atoms with Crippen LogP contribution in [-0.4, -0.2) is 48.6 Å². The van der Waals surface area contributed by atoms with Crippen LogP contribution in [0.1, 0.15) is 43.8 Å². The fourth-order valence-electron chi connectivity index (χ4n) is 3.21. The molecule has 1 aromatic carbocycles. The number of hydrogen-bond donors (Lipinski definition) is 0. The molecule has 2 heterocycles. The van der Waals surface area contributed by atoms with Gasteiger partial charge in [0.25, 0.3) is 0 Å². The molecule has 0 bridgehead atoms. The van der Waals surface area contributed by atoms with Crippen molar-refractivity contribution in [1.82, 2.24) is 4.90 Å². The minimum atomic E-state index is -0.481. The zero-order chi connectivity index (χ0) is 19.1. The Labute approximate surface area is 153 Å². The van der Waals surface area contributed by atoms with Gasteiger partial charge in [-0.15, -0.1) is 0 Å². The summed E-state index contributed by atoms with van der Waals surface area (Å²) in [6.07, 6.45) is -0.259. The molecule has 6 nitrogen and oxygen atoms in total. The van der Waals surface area contributed by atoms with Crippen LogP contribution < -0.4 is 4.90 Å². The van der Waals surface area contributed by atoms with Gasteiger partial charge in [0.1, 0.15) is 11.2 Å². The normalized spacial score (nSPS) is 15.4. The summed E-state index contributed by atoms with van der Waals surface area (Å²) in [7, 11) is 0.